The minimum absolute atomic E-state index is 0.661. The fraction of sp³-hybridized carbons (Fsp3) is 0.625. The number of imidazole rings is 1. The van der Waals surface area contributed by atoms with Crippen molar-refractivity contribution in [3.8, 4) is 0 Å². The Morgan fingerprint density at radius 2 is 2.05 bits per heavy atom. The first-order chi connectivity index (χ1) is 10.3. The molecule has 0 aromatic carbocycles. The van der Waals surface area contributed by atoms with E-state index in [1.807, 2.05) is 12.4 Å². The van der Waals surface area contributed by atoms with Crippen LogP contribution in [-0.4, -0.2) is 20.4 Å². The highest BCUT2D eigenvalue weighted by Crippen LogP contribution is 2.27. The van der Waals surface area contributed by atoms with Crippen molar-refractivity contribution in [1.82, 2.24) is 19.7 Å². The first-order valence-corrected chi connectivity index (χ1v) is 8.76. The molecular weight excluding hydrogens is 328 g/mol. The number of nitrogens with one attached hydrogen (secondary N) is 1. The van der Waals surface area contributed by atoms with Gasteiger partial charge in [0.2, 0.25) is 0 Å². The molecule has 0 spiro atoms. The largest absolute Gasteiger partial charge is 0.308 e. The third-order valence-corrected chi connectivity index (χ3v) is 4.97. The average Bonchev–Trinajstić information content (AvgIpc) is 2.89. The van der Waals surface area contributed by atoms with E-state index in [0.29, 0.717) is 6.04 Å². The number of aromatic nitrogens is 3. The van der Waals surface area contributed by atoms with Crippen molar-refractivity contribution in [2.24, 2.45) is 5.92 Å². The molecule has 3 rings (SSSR count). The zero-order chi connectivity index (χ0) is 14.7. The van der Waals surface area contributed by atoms with Crippen molar-refractivity contribution in [1.29, 1.82) is 0 Å². The Balaban J connectivity index is 1.56. The summed E-state index contributed by atoms with van der Waals surface area (Å²) in [6.07, 6.45) is 13.8. The average molecular weight is 351 g/mol. The second-order valence-electron chi connectivity index (χ2n) is 6.07. The fourth-order valence-corrected chi connectivity index (χ4v) is 3.67. The lowest BCUT2D eigenvalue weighted by molar-refractivity contribution is 0.277. The Labute approximate surface area is 134 Å². The molecule has 0 saturated heterocycles. The van der Waals surface area contributed by atoms with E-state index in [-0.39, 0.29) is 0 Å². The Morgan fingerprint density at radius 1 is 1.24 bits per heavy atom. The fourth-order valence-electron chi connectivity index (χ4n) is 3.36. The molecule has 21 heavy (non-hydrogen) atoms. The van der Waals surface area contributed by atoms with Gasteiger partial charge in [0.05, 0.1) is 18.1 Å². The highest BCUT2D eigenvalue weighted by molar-refractivity contribution is 9.10. The van der Waals surface area contributed by atoms with Crippen LogP contribution in [-0.2, 0) is 6.54 Å². The molecule has 1 N–H and O–H groups in total. The molecule has 5 heteroatoms. The van der Waals surface area contributed by atoms with Gasteiger partial charge in [0, 0.05) is 18.8 Å². The minimum atomic E-state index is 0.661. The predicted molar refractivity (Wildman–Crippen MR) is 88.2 cm³/mol. The Hall–Kier alpha value is -0.940. The molecule has 0 radical (unpaired) electrons. The molecule has 0 atom stereocenters. The first-order valence-electron chi connectivity index (χ1n) is 7.97. The van der Waals surface area contributed by atoms with Crippen LogP contribution in [0.2, 0.25) is 0 Å². The molecule has 2 aromatic rings. The standard InChI is InChI=1S/C16H23BrN4/c1-2-3-12-4-6-13(7-5-12)18-8-14-9-20-16-10-19-15(17)11-21(14)16/h9-13,18H,2-8H2,1H3. The molecule has 2 heterocycles. The summed E-state index contributed by atoms with van der Waals surface area (Å²) < 4.78 is 2.95. The van der Waals surface area contributed by atoms with E-state index in [4.69, 9.17) is 0 Å². The van der Waals surface area contributed by atoms with Crippen molar-refractivity contribution < 1.29 is 0 Å². The molecule has 0 amide bonds. The summed E-state index contributed by atoms with van der Waals surface area (Å²) in [5.74, 6) is 0.964. The Morgan fingerprint density at radius 3 is 2.81 bits per heavy atom. The Kier molecular flexibility index (Phi) is 4.91. The number of nitrogens with zero attached hydrogens (tertiary/aromatic N) is 3. The molecule has 0 bridgehead atoms. The number of hydrogen-bond acceptors (Lipinski definition) is 3. The molecule has 2 aromatic heterocycles. The van der Waals surface area contributed by atoms with Crippen molar-refractivity contribution in [3.63, 3.8) is 0 Å². The summed E-state index contributed by atoms with van der Waals surface area (Å²) in [5, 5.41) is 3.70. The number of halogens is 1. The molecule has 114 valence electrons. The lowest BCUT2D eigenvalue weighted by Gasteiger charge is -2.29. The second kappa shape index (κ2) is 6.88. The summed E-state index contributed by atoms with van der Waals surface area (Å²) in [5.41, 5.74) is 2.10. The zero-order valence-electron chi connectivity index (χ0n) is 12.6. The van der Waals surface area contributed by atoms with Crippen LogP contribution in [0.3, 0.4) is 0 Å². The van der Waals surface area contributed by atoms with E-state index >= 15 is 0 Å². The molecule has 4 nitrogen and oxygen atoms in total. The van der Waals surface area contributed by atoms with Gasteiger partial charge in [-0.15, -0.1) is 0 Å². The van der Waals surface area contributed by atoms with E-state index in [1.165, 1.54) is 44.2 Å². The monoisotopic (exact) mass is 350 g/mol. The highest BCUT2D eigenvalue weighted by atomic mass is 79.9. The number of hydrogen-bond donors (Lipinski definition) is 1. The predicted octanol–water partition coefficient (Wildman–Crippen LogP) is 3.94. The molecule has 1 saturated carbocycles. The van der Waals surface area contributed by atoms with E-state index in [9.17, 15) is 0 Å². The minimum Gasteiger partial charge on any atom is -0.308 e. The van der Waals surface area contributed by atoms with Crippen molar-refractivity contribution in [3.05, 3.63) is 28.9 Å². The van der Waals surface area contributed by atoms with Gasteiger partial charge >= 0.3 is 0 Å². The summed E-state index contributed by atoms with van der Waals surface area (Å²) in [4.78, 5) is 8.61. The number of rotatable bonds is 5. The maximum Gasteiger partial charge on any atom is 0.155 e. The Bertz CT molecular complexity index is 587. The van der Waals surface area contributed by atoms with Crippen molar-refractivity contribution in [2.45, 2.75) is 58.0 Å². The topological polar surface area (TPSA) is 42.2 Å². The van der Waals surface area contributed by atoms with Crippen molar-refractivity contribution >= 4 is 21.6 Å². The van der Waals surface area contributed by atoms with Crippen LogP contribution in [0.5, 0.6) is 0 Å². The van der Waals surface area contributed by atoms with Gasteiger partial charge in [-0.3, -0.25) is 4.40 Å². The zero-order valence-corrected chi connectivity index (χ0v) is 14.1. The highest BCUT2D eigenvalue weighted by Gasteiger charge is 2.20. The van der Waals surface area contributed by atoms with Crippen LogP contribution in [0, 0.1) is 5.92 Å². The normalized spacial score (nSPS) is 22.8. The maximum absolute atomic E-state index is 4.40. The third-order valence-electron chi connectivity index (χ3n) is 4.56. The smallest absolute Gasteiger partial charge is 0.155 e. The molecule has 0 unspecified atom stereocenters. The number of fused-ring (bicyclic) bond motifs is 1. The van der Waals surface area contributed by atoms with Gasteiger partial charge in [0.1, 0.15) is 4.60 Å². The summed E-state index contributed by atoms with van der Waals surface area (Å²) >= 11 is 3.42. The summed E-state index contributed by atoms with van der Waals surface area (Å²) in [6.45, 7) is 3.17. The van der Waals surface area contributed by atoms with Gasteiger partial charge in [-0.05, 0) is 47.5 Å². The SMILES string of the molecule is CCCC1CCC(NCc2cnc3cnc(Br)cn23)CC1. The van der Waals surface area contributed by atoms with Crippen LogP contribution < -0.4 is 5.32 Å². The van der Waals surface area contributed by atoms with Gasteiger partial charge in [-0.1, -0.05) is 19.8 Å². The molecule has 0 aliphatic heterocycles. The molecule has 1 aliphatic rings. The van der Waals surface area contributed by atoms with E-state index in [0.717, 1.165) is 22.7 Å². The summed E-state index contributed by atoms with van der Waals surface area (Å²) in [7, 11) is 0. The quantitative estimate of drug-likeness (QED) is 0.887. The maximum atomic E-state index is 4.40. The molecular formula is C16H23BrN4. The van der Waals surface area contributed by atoms with Crippen LogP contribution in [0.4, 0.5) is 0 Å². The van der Waals surface area contributed by atoms with Crippen LogP contribution in [0.15, 0.2) is 23.2 Å². The van der Waals surface area contributed by atoms with E-state index < -0.39 is 0 Å². The van der Waals surface area contributed by atoms with Gasteiger partial charge in [0.15, 0.2) is 5.65 Å². The summed E-state index contributed by atoms with van der Waals surface area (Å²) in [6, 6.07) is 0.661. The van der Waals surface area contributed by atoms with Gasteiger partial charge < -0.3 is 5.32 Å². The van der Waals surface area contributed by atoms with Gasteiger partial charge in [-0.25, -0.2) is 9.97 Å². The molecule has 1 fully saturated rings. The van der Waals surface area contributed by atoms with Crippen LogP contribution >= 0.6 is 15.9 Å². The van der Waals surface area contributed by atoms with Crippen molar-refractivity contribution in [2.75, 3.05) is 0 Å². The third kappa shape index (κ3) is 3.64. The second-order valence-corrected chi connectivity index (χ2v) is 6.89. The van der Waals surface area contributed by atoms with E-state index in [1.54, 1.807) is 6.20 Å². The molecule has 1 aliphatic carbocycles. The van der Waals surface area contributed by atoms with E-state index in [2.05, 4.69) is 42.5 Å². The van der Waals surface area contributed by atoms with Crippen LogP contribution in [0.1, 0.15) is 51.1 Å². The first kappa shape index (κ1) is 15.0. The lowest BCUT2D eigenvalue weighted by atomic mass is 9.83. The van der Waals surface area contributed by atoms with Gasteiger partial charge in [0.25, 0.3) is 0 Å². The van der Waals surface area contributed by atoms with Gasteiger partial charge in [-0.2, -0.15) is 0 Å². The van der Waals surface area contributed by atoms with Crippen LogP contribution in [0.25, 0.3) is 5.65 Å². The lowest BCUT2D eigenvalue weighted by Crippen LogP contribution is -2.33.